The summed E-state index contributed by atoms with van der Waals surface area (Å²) in [7, 11) is 1.93. The quantitative estimate of drug-likeness (QED) is 0.326. The van der Waals surface area contributed by atoms with Gasteiger partial charge in [0.15, 0.2) is 5.65 Å². The van der Waals surface area contributed by atoms with Crippen molar-refractivity contribution in [2.45, 2.75) is 58.9 Å². The van der Waals surface area contributed by atoms with Gasteiger partial charge >= 0.3 is 11.8 Å². The Kier molecular flexibility index (Phi) is 6.16. The second-order valence-electron chi connectivity index (χ2n) is 11.2. The fraction of sp³-hybridized carbons (Fsp3) is 0.379. The summed E-state index contributed by atoms with van der Waals surface area (Å²) < 4.78 is 13.6. The first kappa shape index (κ1) is 25.7. The van der Waals surface area contributed by atoms with E-state index in [1.54, 1.807) is 6.20 Å². The number of rotatable bonds is 4. The number of nitrogens with zero attached hydrogens (tertiary/aromatic N) is 6. The molecule has 0 saturated carbocycles. The maximum atomic E-state index is 13.0. The van der Waals surface area contributed by atoms with Gasteiger partial charge in [0.1, 0.15) is 11.6 Å². The van der Waals surface area contributed by atoms with E-state index in [-0.39, 0.29) is 17.3 Å². The molecule has 1 aliphatic heterocycles. The number of fused-ring (bicyclic) bond motifs is 2. The second kappa shape index (κ2) is 9.58. The second-order valence-corrected chi connectivity index (χ2v) is 11.2. The van der Waals surface area contributed by atoms with E-state index in [1.807, 2.05) is 70.6 Å². The van der Waals surface area contributed by atoms with E-state index in [0.29, 0.717) is 18.1 Å². The van der Waals surface area contributed by atoms with E-state index in [9.17, 15) is 4.79 Å². The van der Waals surface area contributed by atoms with Crippen LogP contribution in [0.25, 0.3) is 33.7 Å². The zero-order chi connectivity index (χ0) is 28.2. The first-order valence-electron chi connectivity index (χ1n) is 13.4. The van der Waals surface area contributed by atoms with Crippen molar-refractivity contribution in [3.63, 3.8) is 0 Å². The third kappa shape index (κ3) is 4.51. The van der Waals surface area contributed by atoms with Gasteiger partial charge in [-0.15, -0.1) is 10.2 Å². The predicted octanol–water partition coefficient (Wildman–Crippen LogP) is 4.97. The molecule has 4 aromatic heterocycles. The van der Waals surface area contributed by atoms with Gasteiger partial charge in [-0.25, -0.2) is 9.97 Å². The number of amides is 1. The molecular formula is C29H32N8O3. The van der Waals surface area contributed by atoms with Crippen LogP contribution in [0.2, 0.25) is 0 Å². The van der Waals surface area contributed by atoms with Gasteiger partial charge in [0.25, 0.3) is 0 Å². The highest BCUT2D eigenvalue weighted by atomic mass is 16.5. The lowest BCUT2D eigenvalue weighted by molar-refractivity contribution is 0.0896. The molecule has 2 N–H and O–H groups in total. The van der Waals surface area contributed by atoms with Crippen molar-refractivity contribution in [1.82, 2.24) is 40.2 Å². The molecule has 0 spiro atoms. The minimum Gasteiger partial charge on any atom is -0.493 e. The molecule has 1 amide bonds. The number of ether oxygens (including phenoxy) is 1. The minimum absolute atomic E-state index is 0.0402. The van der Waals surface area contributed by atoms with E-state index in [4.69, 9.17) is 14.1 Å². The molecule has 206 valence electrons. The van der Waals surface area contributed by atoms with Gasteiger partial charge in [-0.05, 0) is 44.4 Å². The average molecular weight is 541 g/mol. The Balaban J connectivity index is 1.32. The summed E-state index contributed by atoms with van der Waals surface area (Å²) in [6, 6.07) is 7.77. The van der Waals surface area contributed by atoms with Crippen LogP contribution in [0.5, 0.6) is 5.75 Å². The number of pyridine rings is 1. The lowest BCUT2D eigenvalue weighted by Gasteiger charge is -2.18. The van der Waals surface area contributed by atoms with Crippen molar-refractivity contribution in [2.24, 2.45) is 7.05 Å². The summed E-state index contributed by atoms with van der Waals surface area (Å²) in [5, 5.41) is 15.6. The fourth-order valence-electron chi connectivity index (χ4n) is 5.11. The highest BCUT2D eigenvalue weighted by Gasteiger charge is 2.28. The van der Waals surface area contributed by atoms with E-state index < -0.39 is 5.91 Å². The van der Waals surface area contributed by atoms with Gasteiger partial charge in [0, 0.05) is 35.5 Å². The minimum atomic E-state index is -0.397. The van der Waals surface area contributed by atoms with Gasteiger partial charge in [0.05, 0.1) is 29.4 Å². The normalized spacial score (nSPS) is 15.5. The fourth-order valence-corrected chi connectivity index (χ4v) is 5.11. The lowest BCUT2D eigenvalue weighted by Crippen LogP contribution is -2.28. The van der Waals surface area contributed by atoms with Crippen molar-refractivity contribution < 1.29 is 13.9 Å². The Morgan fingerprint density at radius 1 is 1.18 bits per heavy atom. The standard InChI is InChI=1S/C29H32N8O3/c1-15-22(16(2)37(6)36-15)24-32-23-18(11-12-30-25(23)33-24)17-9-10-19-20(8-7-13-39-21(19)14-17)31-26(38)27-34-35-28(40-27)29(3,4)5/h9-12,14,20H,7-8,13H2,1-6H3,(H,31,38)(H,30,32,33). The Morgan fingerprint density at radius 3 is 2.73 bits per heavy atom. The highest BCUT2D eigenvalue weighted by molar-refractivity contribution is 5.92. The first-order chi connectivity index (χ1) is 19.1. The summed E-state index contributed by atoms with van der Waals surface area (Å²) in [6.07, 6.45) is 3.28. The number of aromatic amines is 1. The molecule has 5 heterocycles. The van der Waals surface area contributed by atoms with Crippen LogP contribution in [0, 0.1) is 13.8 Å². The molecule has 0 fully saturated rings. The highest BCUT2D eigenvalue weighted by Crippen LogP contribution is 2.37. The Hall–Kier alpha value is -4.54. The largest absolute Gasteiger partial charge is 0.493 e. The maximum Gasteiger partial charge on any atom is 0.309 e. The molecule has 11 nitrogen and oxygen atoms in total. The summed E-state index contributed by atoms with van der Waals surface area (Å²) in [6.45, 7) is 10.4. The van der Waals surface area contributed by atoms with Crippen molar-refractivity contribution >= 4 is 17.1 Å². The van der Waals surface area contributed by atoms with Crippen LogP contribution in [-0.2, 0) is 12.5 Å². The number of aromatic nitrogens is 7. The molecule has 0 bridgehead atoms. The van der Waals surface area contributed by atoms with Gasteiger partial charge in [-0.1, -0.05) is 32.9 Å². The number of H-pyrrole nitrogens is 1. The molecule has 11 heteroatoms. The van der Waals surface area contributed by atoms with Crippen LogP contribution >= 0.6 is 0 Å². The molecule has 0 saturated heterocycles. The zero-order valence-corrected chi connectivity index (χ0v) is 23.5. The van der Waals surface area contributed by atoms with E-state index in [2.05, 4.69) is 30.6 Å². The Bertz CT molecular complexity index is 1740. The monoisotopic (exact) mass is 540 g/mol. The predicted molar refractivity (Wildman–Crippen MR) is 149 cm³/mol. The number of imidazole rings is 1. The number of carbonyl (C=O) groups is 1. The summed E-state index contributed by atoms with van der Waals surface area (Å²) >= 11 is 0. The van der Waals surface area contributed by atoms with E-state index in [0.717, 1.165) is 63.6 Å². The molecule has 1 aliphatic rings. The van der Waals surface area contributed by atoms with Gasteiger partial charge in [-0.2, -0.15) is 5.10 Å². The van der Waals surface area contributed by atoms with Crippen molar-refractivity contribution in [1.29, 1.82) is 0 Å². The van der Waals surface area contributed by atoms with E-state index >= 15 is 0 Å². The summed E-state index contributed by atoms with van der Waals surface area (Å²) in [5.41, 5.74) is 6.86. The SMILES string of the molecule is Cc1nn(C)c(C)c1-c1nc2nccc(-c3ccc4c(c3)OCCCC4NC(=O)c3nnc(C(C)(C)C)o3)c2[nH]1. The molecule has 5 aromatic rings. The Morgan fingerprint density at radius 2 is 2.00 bits per heavy atom. The first-order valence-corrected chi connectivity index (χ1v) is 13.4. The lowest BCUT2D eigenvalue weighted by atomic mass is 9.97. The van der Waals surface area contributed by atoms with E-state index in [1.165, 1.54) is 0 Å². The molecule has 1 aromatic carbocycles. The number of hydrogen-bond acceptors (Lipinski definition) is 8. The zero-order valence-electron chi connectivity index (χ0n) is 23.5. The van der Waals surface area contributed by atoms with Crippen LogP contribution in [0.4, 0.5) is 0 Å². The molecule has 6 rings (SSSR count). The molecule has 1 unspecified atom stereocenters. The molecule has 0 aliphatic carbocycles. The van der Waals surface area contributed by atoms with Crippen LogP contribution in [0.1, 0.15) is 73.2 Å². The van der Waals surface area contributed by atoms with Gasteiger partial charge in [0.2, 0.25) is 5.89 Å². The van der Waals surface area contributed by atoms with Crippen LogP contribution in [-0.4, -0.2) is 47.4 Å². The number of benzene rings is 1. The van der Waals surface area contributed by atoms with Gasteiger partial charge in [-0.3, -0.25) is 9.48 Å². The topological polar surface area (TPSA) is 137 Å². The molecule has 1 atom stereocenters. The summed E-state index contributed by atoms with van der Waals surface area (Å²) in [5.74, 6) is 1.45. The number of aryl methyl sites for hydroxylation is 2. The molecule has 0 radical (unpaired) electrons. The third-order valence-corrected chi connectivity index (χ3v) is 7.30. The Labute approximate surface area is 231 Å². The van der Waals surface area contributed by atoms with Crippen molar-refractivity contribution in [2.75, 3.05) is 6.61 Å². The maximum absolute atomic E-state index is 13.0. The number of carbonyl (C=O) groups excluding carboxylic acids is 1. The number of nitrogens with one attached hydrogen (secondary N) is 2. The van der Waals surface area contributed by atoms with Crippen molar-refractivity contribution in [3.8, 4) is 28.3 Å². The molecular weight excluding hydrogens is 508 g/mol. The number of hydrogen-bond donors (Lipinski definition) is 2. The average Bonchev–Trinajstić information content (AvgIpc) is 3.59. The van der Waals surface area contributed by atoms with Crippen LogP contribution < -0.4 is 10.1 Å². The van der Waals surface area contributed by atoms with Crippen LogP contribution in [0.15, 0.2) is 34.9 Å². The summed E-state index contributed by atoms with van der Waals surface area (Å²) in [4.78, 5) is 25.8. The van der Waals surface area contributed by atoms with Gasteiger partial charge < -0.3 is 19.5 Å². The molecule has 40 heavy (non-hydrogen) atoms. The van der Waals surface area contributed by atoms with Crippen LogP contribution in [0.3, 0.4) is 0 Å². The third-order valence-electron chi connectivity index (χ3n) is 7.30. The smallest absolute Gasteiger partial charge is 0.309 e. The van der Waals surface area contributed by atoms with Crippen molar-refractivity contribution in [3.05, 3.63) is 59.2 Å².